The second-order valence-corrected chi connectivity index (χ2v) is 6.13. The first-order chi connectivity index (χ1) is 12.8. The molecule has 1 heteroatoms. The zero-order valence-electron chi connectivity index (χ0n) is 16.3. The van der Waals surface area contributed by atoms with E-state index < -0.39 is 0 Å². The summed E-state index contributed by atoms with van der Waals surface area (Å²) in [5.74, 6) is 6.22. The van der Waals surface area contributed by atoms with Gasteiger partial charge in [0.2, 0.25) is 0 Å². The number of hydrogen-bond donors (Lipinski definition) is 0. The van der Waals surface area contributed by atoms with Crippen LogP contribution in [0, 0.1) is 11.8 Å². The zero-order valence-corrected chi connectivity index (χ0v) is 16.3. The van der Waals surface area contributed by atoms with Crippen LogP contribution in [0.3, 0.4) is 0 Å². The first-order valence-corrected chi connectivity index (χ1v) is 9.64. The molecule has 0 saturated heterocycles. The molecule has 0 aliphatic heterocycles. The summed E-state index contributed by atoms with van der Waals surface area (Å²) in [7, 11) is 0. The van der Waals surface area contributed by atoms with Crippen molar-refractivity contribution in [1.82, 2.24) is 0 Å². The molecule has 0 amide bonds. The highest BCUT2D eigenvalue weighted by Crippen LogP contribution is 2.09. The van der Waals surface area contributed by atoms with Crippen LogP contribution in [0.5, 0.6) is 0 Å². The minimum Gasteiger partial charge on any atom is -0.378 e. The van der Waals surface area contributed by atoms with Gasteiger partial charge in [0, 0.05) is 11.1 Å². The maximum Gasteiger partial charge on any atom is 0.0575 e. The van der Waals surface area contributed by atoms with Crippen LogP contribution in [-0.2, 0) is 4.74 Å². The third-order valence-electron chi connectivity index (χ3n) is 3.80. The van der Waals surface area contributed by atoms with Crippen molar-refractivity contribution in [3.8, 4) is 11.8 Å². The third-order valence-corrected chi connectivity index (χ3v) is 3.80. The molecule has 0 N–H and O–H groups in total. The largest absolute Gasteiger partial charge is 0.378 e. The van der Waals surface area contributed by atoms with Gasteiger partial charge >= 0.3 is 0 Å². The molecular formula is C25H32O. The predicted octanol–water partition coefficient (Wildman–Crippen LogP) is 6.63. The SMILES string of the molecule is C(#Cc1ccccc1)c1ccccc1.C=CCCOC(CCC)CCC. The van der Waals surface area contributed by atoms with E-state index in [1.54, 1.807) is 0 Å². The summed E-state index contributed by atoms with van der Waals surface area (Å²) < 4.78 is 5.69. The molecule has 0 bridgehead atoms. The lowest BCUT2D eigenvalue weighted by atomic mass is 10.1. The maximum absolute atomic E-state index is 5.69. The molecular weight excluding hydrogens is 316 g/mol. The number of hydrogen-bond acceptors (Lipinski definition) is 1. The van der Waals surface area contributed by atoms with Crippen LogP contribution in [0.15, 0.2) is 73.3 Å². The molecule has 0 saturated carbocycles. The summed E-state index contributed by atoms with van der Waals surface area (Å²) in [5, 5.41) is 0. The fourth-order valence-corrected chi connectivity index (χ4v) is 2.46. The molecule has 0 aliphatic rings. The highest BCUT2D eigenvalue weighted by atomic mass is 16.5. The topological polar surface area (TPSA) is 9.23 Å². The molecule has 0 heterocycles. The lowest BCUT2D eigenvalue weighted by Crippen LogP contribution is -2.12. The first kappa shape index (κ1) is 21.7. The highest BCUT2D eigenvalue weighted by molar-refractivity contribution is 5.42. The molecule has 0 aromatic heterocycles. The molecule has 138 valence electrons. The van der Waals surface area contributed by atoms with Crippen LogP contribution in [-0.4, -0.2) is 12.7 Å². The molecule has 0 radical (unpaired) electrons. The van der Waals surface area contributed by atoms with Gasteiger partial charge in [-0.25, -0.2) is 0 Å². The Labute approximate surface area is 160 Å². The summed E-state index contributed by atoms with van der Waals surface area (Å²) >= 11 is 0. The molecule has 0 unspecified atom stereocenters. The monoisotopic (exact) mass is 348 g/mol. The van der Waals surface area contributed by atoms with Gasteiger partial charge in [0.15, 0.2) is 0 Å². The molecule has 26 heavy (non-hydrogen) atoms. The number of ether oxygens (including phenoxy) is 1. The molecule has 0 spiro atoms. The van der Waals surface area contributed by atoms with Gasteiger partial charge in [-0.1, -0.05) is 81.0 Å². The molecule has 2 rings (SSSR count). The van der Waals surface area contributed by atoms with Gasteiger partial charge in [0.25, 0.3) is 0 Å². The first-order valence-electron chi connectivity index (χ1n) is 9.64. The van der Waals surface area contributed by atoms with E-state index in [0.717, 1.165) is 24.2 Å². The average Bonchev–Trinajstić information content (AvgIpc) is 2.69. The Kier molecular flexibility index (Phi) is 12.5. The van der Waals surface area contributed by atoms with Crippen molar-refractivity contribution in [3.63, 3.8) is 0 Å². The molecule has 2 aromatic carbocycles. The lowest BCUT2D eigenvalue weighted by molar-refractivity contribution is 0.0438. The molecule has 2 aromatic rings. The van der Waals surface area contributed by atoms with Crippen molar-refractivity contribution >= 4 is 0 Å². The normalized spacial score (nSPS) is 9.65. The summed E-state index contributed by atoms with van der Waals surface area (Å²) in [6.45, 7) is 8.93. The summed E-state index contributed by atoms with van der Waals surface area (Å²) in [6, 6.07) is 20.0. The van der Waals surface area contributed by atoms with Crippen molar-refractivity contribution in [2.24, 2.45) is 0 Å². The van der Waals surface area contributed by atoms with Crippen LogP contribution >= 0.6 is 0 Å². The molecule has 0 atom stereocenters. The van der Waals surface area contributed by atoms with Gasteiger partial charge in [-0.05, 0) is 43.5 Å². The predicted molar refractivity (Wildman–Crippen MR) is 113 cm³/mol. The van der Waals surface area contributed by atoms with E-state index in [1.165, 1.54) is 25.7 Å². The van der Waals surface area contributed by atoms with E-state index >= 15 is 0 Å². The van der Waals surface area contributed by atoms with Gasteiger partial charge in [0.1, 0.15) is 0 Å². The van der Waals surface area contributed by atoms with Crippen LogP contribution in [0.25, 0.3) is 0 Å². The Morgan fingerprint density at radius 1 is 0.846 bits per heavy atom. The Bertz CT molecular complexity index is 585. The van der Waals surface area contributed by atoms with E-state index in [0.29, 0.717) is 6.10 Å². The number of rotatable bonds is 8. The summed E-state index contributed by atoms with van der Waals surface area (Å²) in [5.41, 5.74) is 2.10. The van der Waals surface area contributed by atoms with Gasteiger partial charge in [-0.3, -0.25) is 0 Å². The Hall–Kier alpha value is -2.30. The Balaban J connectivity index is 0.000000265. The second-order valence-electron chi connectivity index (χ2n) is 6.13. The molecule has 0 aliphatic carbocycles. The quantitative estimate of drug-likeness (QED) is 0.295. The smallest absolute Gasteiger partial charge is 0.0575 e. The molecule has 1 nitrogen and oxygen atoms in total. The van der Waals surface area contributed by atoms with Gasteiger partial charge in [-0.15, -0.1) is 6.58 Å². The lowest BCUT2D eigenvalue weighted by Gasteiger charge is -2.15. The van der Waals surface area contributed by atoms with E-state index in [1.807, 2.05) is 66.7 Å². The van der Waals surface area contributed by atoms with Crippen LogP contribution in [0.1, 0.15) is 57.1 Å². The maximum atomic E-state index is 5.69. The fourth-order valence-electron chi connectivity index (χ4n) is 2.46. The number of benzene rings is 2. The van der Waals surface area contributed by atoms with E-state index in [4.69, 9.17) is 4.74 Å². The van der Waals surface area contributed by atoms with Crippen molar-refractivity contribution < 1.29 is 4.74 Å². The van der Waals surface area contributed by atoms with Crippen LogP contribution < -0.4 is 0 Å². The van der Waals surface area contributed by atoms with E-state index in [9.17, 15) is 0 Å². The Morgan fingerprint density at radius 3 is 1.69 bits per heavy atom. The second kappa shape index (κ2) is 15.0. The Morgan fingerprint density at radius 2 is 1.31 bits per heavy atom. The van der Waals surface area contributed by atoms with Gasteiger partial charge in [-0.2, -0.15) is 0 Å². The van der Waals surface area contributed by atoms with E-state index in [-0.39, 0.29) is 0 Å². The average molecular weight is 349 g/mol. The van der Waals surface area contributed by atoms with Crippen LogP contribution in [0.4, 0.5) is 0 Å². The minimum atomic E-state index is 0.486. The zero-order chi connectivity index (χ0) is 18.9. The van der Waals surface area contributed by atoms with Gasteiger partial charge in [0.05, 0.1) is 12.7 Å². The van der Waals surface area contributed by atoms with Crippen LogP contribution in [0.2, 0.25) is 0 Å². The summed E-state index contributed by atoms with van der Waals surface area (Å²) in [4.78, 5) is 0. The molecule has 0 fully saturated rings. The standard InChI is InChI=1S/C14H10.C11H22O/c1-3-7-13(8-4-1)11-12-14-9-5-2-6-10-14;1-4-7-10-12-11(8-5-2)9-6-3/h1-10H;4,11H,1,5-10H2,2-3H3. The van der Waals surface area contributed by atoms with E-state index in [2.05, 4.69) is 32.3 Å². The van der Waals surface area contributed by atoms with Gasteiger partial charge < -0.3 is 4.74 Å². The highest BCUT2D eigenvalue weighted by Gasteiger charge is 2.05. The van der Waals surface area contributed by atoms with Crippen molar-refractivity contribution in [3.05, 3.63) is 84.4 Å². The summed E-state index contributed by atoms with van der Waals surface area (Å²) in [6.07, 6.45) is 8.21. The third kappa shape index (κ3) is 10.5. The van der Waals surface area contributed by atoms with Crippen molar-refractivity contribution in [2.75, 3.05) is 6.61 Å². The minimum absolute atomic E-state index is 0.486. The fraction of sp³-hybridized carbons (Fsp3) is 0.360. The van der Waals surface area contributed by atoms with Crippen molar-refractivity contribution in [1.29, 1.82) is 0 Å². The van der Waals surface area contributed by atoms with Crippen molar-refractivity contribution in [2.45, 2.75) is 52.1 Å².